The molecule has 2 heterocycles. The zero-order valence-corrected chi connectivity index (χ0v) is 13.9. The van der Waals surface area contributed by atoms with Crippen LogP contribution in [0, 0.1) is 5.92 Å². The van der Waals surface area contributed by atoms with Gasteiger partial charge in [0.25, 0.3) is 0 Å². The van der Waals surface area contributed by atoms with Crippen LogP contribution in [0.25, 0.3) is 0 Å². The quantitative estimate of drug-likeness (QED) is 0.927. The van der Waals surface area contributed by atoms with Gasteiger partial charge in [-0.3, -0.25) is 4.21 Å². The average molecular weight is 306 g/mol. The van der Waals surface area contributed by atoms with Gasteiger partial charge in [-0.15, -0.1) is 0 Å². The lowest BCUT2D eigenvalue weighted by Crippen LogP contribution is -2.47. The van der Waals surface area contributed by atoms with Gasteiger partial charge >= 0.3 is 0 Å². The average Bonchev–Trinajstić information content (AvgIpc) is 2.41. The predicted molar refractivity (Wildman–Crippen MR) is 87.7 cm³/mol. The third-order valence-electron chi connectivity index (χ3n) is 4.98. The molecule has 3 rings (SSSR count). The van der Waals surface area contributed by atoms with Gasteiger partial charge in [-0.1, -0.05) is 44.5 Å². The monoisotopic (exact) mass is 306 g/mol. The zero-order valence-electron chi connectivity index (χ0n) is 13.0. The van der Waals surface area contributed by atoms with Crippen LogP contribution < -0.4 is 0 Å². The summed E-state index contributed by atoms with van der Waals surface area (Å²) in [6, 6.07) is 8.46. The lowest BCUT2D eigenvalue weighted by molar-refractivity contribution is 0.00653. The van der Waals surface area contributed by atoms with Crippen molar-refractivity contribution in [1.82, 2.24) is 0 Å². The van der Waals surface area contributed by atoms with Crippen molar-refractivity contribution in [2.45, 2.75) is 68.5 Å². The summed E-state index contributed by atoms with van der Waals surface area (Å²) in [6.45, 7) is 4.44. The van der Waals surface area contributed by atoms with Gasteiger partial charge in [-0.05, 0) is 49.1 Å². The van der Waals surface area contributed by atoms with Crippen molar-refractivity contribution in [3.8, 4) is 0 Å². The normalized spacial score (nSPS) is 35.9. The van der Waals surface area contributed by atoms with Crippen LogP contribution >= 0.6 is 0 Å². The molecule has 21 heavy (non-hydrogen) atoms. The molecule has 0 aliphatic carbocycles. The molecule has 116 valence electrons. The first-order valence-electron chi connectivity index (χ1n) is 8.19. The third-order valence-corrected chi connectivity index (χ3v) is 7.09. The number of hydrogen-bond donors (Lipinski definition) is 1. The number of fused-ring (bicyclic) bond motifs is 2. The molecule has 2 atom stereocenters. The van der Waals surface area contributed by atoms with Crippen LogP contribution in [0.2, 0.25) is 0 Å². The zero-order chi connectivity index (χ0) is 15.0. The molecule has 2 saturated heterocycles. The fourth-order valence-corrected chi connectivity index (χ4v) is 6.16. The van der Waals surface area contributed by atoms with E-state index in [-0.39, 0.29) is 10.5 Å². The number of aliphatic hydroxyl groups is 1. The Morgan fingerprint density at radius 3 is 2.29 bits per heavy atom. The van der Waals surface area contributed by atoms with Crippen LogP contribution in [-0.4, -0.2) is 19.8 Å². The van der Waals surface area contributed by atoms with Gasteiger partial charge in [0, 0.05) is 21.3 Å². The van der Waals surface area contributed by atoms with Crippen molar-refractivity contribution >= 4 is 10.8 Å². The SMILES string of the molecule is CC(C)Cc1ccc(C2(O)CC3CCCC(C2)S3=O)cc1. The minimum absolute atomic E-state index is 0.192. The highest BCUT2D eigenvalue weighted by Gasteiger charge is 2.46. The predicted octanol–water partition coefficient (Wildman–Crippen LogP) is 3.54. The largest absolute Gasteiger partial charge is 0.385 e. The van der Waals surface area contributed by atoms with E-state index in [2.05, 4.69) is 38.1 Å². The fraction of sp³-hybridized carbons (Fsp3) is 0.667. The highest BCUT2D eigenvalue weighted by Crippen LogP contribution is 2.44. The van der Waals surface area contributed by atoms with Gasteiger partial charge in [-0.25, -0.2) is 0 Å². The topological polar surface area (TPSA) is 37.3 Å². The minimum Gasteiger partial charge on any atom is -0.385 e. The van der Waals surface area contributed by atoms with Crippen LogP contribution in [0.5, 0.6) is 0 Å². The Balaban J connectivity index is 1.80. The van der Waals surface area contributed by atoms with Crippen LogP contribution in [0.15, 0.2) is 24.3 Å². The highest BCUT2D eigenvalue weighted by molar-refractivity contribution is 7.86. The molecule has 1 aromatic rings. The smallest absolute Gasteiger partial charge is 0.0919 e. The van der Waals surface area contributed by atoms with E-state index in [0.29, 0.717) is 18.8 Å². The van der Waals surface area contributed by atoms with Crippen molar-refractivity contribution in [1.29, 1.82) is 0 Å². The molecule has 0 aromatic heterocycles. The van der Waals surface area contributed by atoms with E-state index in [9.17, 15) is 9.32 Å². The van der Waals surface area contributed by atoms with E-state index >= 15 is 0 Å². The molecular formula is C18H26O2S. The molecule has 2 unspecified atom stereocenters. The van der Waals surface area contributed by atoms with Gasteiger partial charge in [0.15, 0.2) is 0 Å². The summed E-state index contributed by atoms with van der Waals surface area (Å²) < 4.78 is 12.3. The van der Waals surface area contributed by atoms with E-state index in [1.807, 2.05) is 0 Å². The third kappa shape index (κ3) is 3.09. The molecule has 2 aliphatic heterocycles. The molecule has 3 heteroatoms. The second kappa shape index (κ2) is 5.85. The summed E-state index contributed by atoms with van der Waals surface area (Å²) >= 11 is 0. The van der Waals surface area contributed by atoms with Gasteiger partial charge in [0.2, 0.25) is 0 Å². The van der Waals surface area contributed by atoms with Crippen LogP contribution in [0.3, 0.4) is 0 Å². The summed E-state index contributed by atoms with van der Waals surface area (Å²) in [5.41, 5.74) is 1.58. The first-order valence-corrected chi connectivity index (χ1v) is 9.47. The molecule has 2 nitrogen and oxygen atoms in total. The number of hydrogen-bond acceptors (Lipinski definition) is 2. The molecule has 0 amide bonds. The lowest BCUT2D eigenvalue weighted by Gasteiger charge is -2.43. The summed E-state index contributed by atoms with van der Waals surface area (Å²) in [6.07, 6.45) is 5.60. The van der Waals surface area contributed by atoms with Crippen LogP contribution in [0.4, 0.5) is 0 Å². The van der Waals surface area contributed by atoms with E-state index in [1.54, 1.807) is 0 Å². The maximum absolute atomic E-state index is 12.3. The van der Waals surface area contributed by atoms with Crippen molar-refractivity contribution in [3.05, 3.63) is 35.4 Å². The summed E-state index contributed by atoms with van der Waals surface area (Å²) in [5, 5.41) is 11.5. The molecule has 0 radical (unpaired) electrons. The summed E-state index contributed by atoms with van der Waals surface area (Å²) in [5.74, 6) is 0.649. The fourth-order valence-electron chi connectivity index (χ4n) is 3.94. The van der Waals surface area contributed by atoms with E-state index < -0.39 is 16.4 Å². The standard InChI is InChI=1S/C18H26O2S/c1-13(2)10-14-6-8-15(9-7-14)18(19)11-16-4-3-5-17(12-18)21(16)20/h6-9,13,16-17,19H,3-5,10-12H2,1-2H3. The molecule has 2 bridgehead atoms. The molecule has 0 spiro atoms. The first kappa shape index (κ1) is 15.2. The summed E-state index contributed by atoms with van der Waals surface area (Å²) in [7, 11) is -0.729. The molecule has 1 N–H and O–H groups in total. The maximum Gasteiger partial charge on any atom is 0.0919 e. The Morgan fingerprint density at radius 1 is 1.19 bits per heavy atom. The second-order valence-electron chi connectivity index (χ2n) is 7.24. The highest BCUT2D eigenvalue weighted by atomic mass is 32.2. The van der Waals surface area contributed by atoms with E-state index in [0.717, 1.165) is 24.8 Å². The Morgan fingerprint density at radius 2 is 1.76 bits per heavy atom. The maximum atomic E-state index is 12.3. The minimum atomic E-state index is -0.764. The van der Waals surface area contributed by atoms with Crippen LogP contribution in [-0.2, 0) is 22.8 Å². The molecule has 2 aliphatic rings. The van der Waals surface area contributed by atoms with Gasteiger partial charge in [0.1, 0.15) is 0 Å². The number of rotatable bonds is 3. The van der Waals surface area contributed by atoms with Crippen molar-refractivity contribution in [3.63, 3.8) is 0 Å². The Kier molecular flexibility index (Phi) is 4.24. The van der Waals surface area contributed by atoms with Crippen molar-refractivity contribution in [2.24, 2.45) is 5.92 Å². The van der Waals surface area contributed by atoms with E-state index in [4.69, 9.17) is 0 Å². The van der Waals surface area contributed by atoms with Gasteiger partial charge in [0.05, 0.1) is 5.60 Å². The van der Waals surface area contributed by atoms with Crippen molar-refractivity contribution in [2.75, 3.05) is 0 Å². The van der Waals surface area contributed by atoms with Gasteiger partial charge < -0.3 is 5.11 Å². The molecular weight excluding hydrogens is 280 g/mol. The molecule has 1 aromatic carbocycles. The molecule has 0 saturated carbocycles. The Bertz CT molecular complexity index is 505. The van der Waals surface area contributed by atoms with Gasteiger partial charge in [-0.2, -0.15) is 0 Å². The van der Waals surface area contributed by atoms with E-state index in [1.165, 1.54) is 12.0 Å². The molecule has 2 fully saturated rings. The summed E-state index contributed by atoms with van der Waals surface area (Å²) in [4.78, 5) is 0. The first-order chi connectivity index (χ1) is 9.98. The Labute approximate surface area is 130 Å². The Hall–Kier alpha value is -0.670. The second-order valence-corrected chi connectivity index (χ2v) is 9.23. The number of benzene rings is 1. The van der Waals surface area contributed by atoms with Crippen molar-refractivity contribution < 1.29 is 9.32 Å². The van der Waals surface area contributed by atoms with Crippen LogP contribution in [0.1, 0.15) is 57.1 Å². The lowest BCUT2D eigenvalue weighted by atomic mass is 9.80.